The molecule has 0 spiro atoms. The van der Waals surface area contributed by atoms with Crippen molar-refractivity contribution < 1.29 is 9.53 Å². The Labute approximate surface area is 110 Å². The molecule has 0 aliphatic carbocycles. The lowest BCUT2D eigenvalue weighted by Crippen LogP contribution is -2.27. The first kappa shape index (κ1) is 12.8. The summed E-state index contributed by atoms with van der Waals surface area (Å²) in [6.45, 7) is 7.46. The maximum atomic E-state index is 11.6. The van der Waals surface area contributed by atoms with Gasteiger partial charge in [0.1, 0.15) is 5.60 Å². The third kappa shape index (κ3) is 3.20. The van der Waals surface area contributed by atoms with E-state index in [1.807, 2.05) is 45.9 Å². The second-order valence-corrected chi connectivity index (χ2v) is 6.28. The minimum absolute atomic E-state index is 0.450. The molecule has 0 saturated heterocycles. The van der Waals surface area contributed by atoms with Crippen molar-refractivity contribution in [1.29, 1.82) is 0 Å². The van der Waals surface area contributed by atoms with Gasteiger partial charge in [-0.25, -0.2) is 9.78 Å². The largest absolute Gasteiger partial charge is 0.444 e. The Bertz CT molecular complexity index is 584. The van der Waals surface area contributed by atoms with Crippen molar-refractivity contribution in [2.45, 2.75) is 33.3 Å². The zero-order chi connectivity index (χ0) is 13.3. The number of carbonyl (C=O) groups excluding carboxylic acids is 1. The van der Waals surface area contributed by atoms with E-state index in [-0.39, 0.29) is 0 Å². The molecule has 0 aliphatic rings. The fraction of sp³-hybridized carbons (Fsp3) is 0.385. The number of hydrogen-bond donors (Lipinski definition) is 1. The molecule has 1 aromatic heterocycles. The molecule has 18 heavy (non-hydrogen) atoms. The highest BCUT2D eigenvalue weighted by Crippen LogP contribution is 2.24. The summed E-state index contributed by atoms with van der Waals surface area (Å²) in [5, 5.41) is 3.72. The summed E-state index contributed by atoms with van der Waals surface area (Å²) in [6, 6.07) is 5.65. The first-order chi connectivity index (χ1) is 8.33. The number of thiazole rings is 1. The van der Waals surface area contributed by atoms with Crippen LogP contribution in [-0.4, -0.2) is 16.7 Å². The van der Waals surface area contributed by atoms with Crippen LogP contribution >= 0.6 is 11.3 Å². The Kier molecular flexibility index (Phi) is 3.26. The lowest BCUT2D eigenvalue weighted by molar-refractivity contribution is 0.0636. The second-order valence-electron chi connectivity index (χ2n) is 5.04. The van der Waals surface area contributed by atoms with Crippen LogP contribution in [0.15, 0.2) is 18.2 Å². The van der Waals surface area contributed by atoms with Crippen LogP contribution in [0.5, 0.6) is 0 Å². The van der Waals surface area contributed by atoms with E-state index in [1.54, 1.807) is 11.3 Å². The molecule has 2 aromatic rings. The zero-order valence-corrected chi connectivity index (χ0v) is 11.7. The topological polar surface area (TPSA) is 51.2 Å². The van der Waals surface area contributed by atoms with Crippen molar-refractivity contribution >= 4 is 33.3 Å². The highest BCUT2D eigenvalue weighted by molar-refractivity contribution is 7.18. The van der Waals surface area contributed by atoms with E-state index >= 15 is 0 Å². The van der Waals surface area contributed by atoms with Gasteiger partial charge >= 0.3 is 6.09 Å². The van der Waals surface area contributed by atoms with Crippen LogP contribution in [0.1, 0.15) is 25.8 Å². The van der Waals surface area contributed by atoms with Gasteiger partial charge in [-0.2, -0.15) is 0 Å². The number of amides is 1. The number of nitrogens with one attached hydrogen (secondary N) is 1. The van der Waals surface area contributed by atoms with Crippen LogP contribution in [0.2, 0.25) is 0 Å². The van der Waals surface area contributed by atoms with Gasteiger partial charge in [0.15, 0.2) is 0 Å². The number of hydrogen-bond acceptors (Lipinski definition) is 4. The van der Waals surface area contributed by atoms with Crippen LogP contribution in [0.3, 0.4) is 0 Å². The van der Waals surface area contributed by atoms with Gasteiger partial charge in [-0.3, -0.25) is 5.32 Å². The molecular formula is C13H16N2O2S. The number of benzene rings is 1. The Morgan fingerprint density at radius 3 is 2.78 bits per heavy atom. The van der Waals surface area contributed by atoms with E-state index in [4.69, 9.17) is 4.74 Å². The Balaban J connectivity index is 2.14. The number of aryl methyl sites for hydroxylation is 1. The van der Waals surface area contributed by atoms with Crippen molar-refractivity contribution in [3.8, 4) is 0 Å². The number of anilines is 1. The standard InChI is InChI=1S/C13H16N2O2S/c1-8-14-10-7-9(5-6-11(10)18-8)15-12(16)17-13(2,3)4/h5-7H,1-4H3,(H,15,16). The molecule has 1 heterocycles. The van der Waals surface area contributed by atoms with Gasteiger partial charge in [0.2, 0.25) is 0 Å². The number of fused-ring (bicyclic) bond motifs is 1. The van der Waals surface area contributed by atoms with Crippen LogP contribution in [0.25, 0.3) is 10.2 Å². The Hall–Kier alpha value is -1.62. The summed E-state index contributed by atoms with van der Waals surface area (Å²) >= 11 is 1.63. The van der Waals surface area contributed by atoms with E-state index < -0.39 is 11.7 Å². The molecule has 0 atom stereocenters. The molecule has 4 nitrogen and oxygen atoms in total. The first-order valence-electron chi connectivity index (χ1n) is 5.71. The molecule has 5 heteroatoms. The lowest BCUT2D eigenvalue weighted by atomic mass is 10.2. The summed E-state index contributed by atoms with van der Waals surface area (Å²) in [7, 11) is 0. The smallest absolute Gasteiger partial charge is 0.412 e. The van der Waals surface area contributed by atoms with E-state index in [0.29, 0.717) is 5.69 Å². The van der Waals surface area contributed by atoms with Crippen LogP contribution in [0.4, 0.5) is 10.5 Å². The molecule has 0 saturated carbocycles. The Morgan fingerprint density at radius 1 is 1.39 bits per heavy atom. The average molecular weight is 264 g/mol. The van der Waals surface area contributed by atoms with E-state index in [9.17, 15) is 4.79 Å². The zero-order valence-electron chi connectivity index (χ0n) is 10.9. The fourth-order valence-electron chi connectivity index (χ4n) is 1.54. The van der Waals surface area contributed by atoms with E-state index in [2.05, 4.69) is 10.3 Å². The van der Waals surface area contributed by atoms with Crippen molar-refractivity contribution in [3.63, 3.8) is 0 Å². The van der Waals surface area contributed by atoms with Crippen molar-refractivity contribution in [1.82, 2.24) is 4.98 Å². The van der Waals surface area contributed by atoms with Crippen molar-refractivity contribution in [2.75, 3.05) is 5.32 Å². The molecule has 1 aromatic carbocycles. The number of nitrogens with zero attached hydrogens (tertiary/aromatic N) is 1. The monoisotopic (exact) mass is 264 g/mol. The molecule has 1 N–H and O–H groups in total. The summed E-state index contributed by atoms with van der Waals surface area (Å²) in [4.78, 5) is 16.0. The molecular weight excluding hydrogens is 248 g/mol. The van der Waals surface area contributed by atoms with Crippen molar-refractivity contribution in [2.24, 2.45) is 0 Å². The minimum atomic E-state index is -0.495. The number of rotatable bonds is 1. The van der Waals surface area contributed by atoms with Crippen molar-refractivity contribution in [3.05, 3.63) is 23.2 Å². The van der Waals surface area contributed by atoms with Gasteiger partial charge in [0.25, 0.3) is 0 Å². The third-order valence-corrected chi connectivity index (χ3v) is 3.09. The summed E-state index contributed by atoms with van der Waals surface area (Å²) in [5.74, 6) is 0. The van der Waals surface area contributed by atoms with E-state index in [0.717, 1.165) is 15.2 Å². The highest BCUT2D eigenvalue weighted by atomic mass is 32.1. The number of aromatic nitrogens is 1. The maximum absolute atomic E-state index is 11.6. The molecule has 0 bridgehead atoms. The number of carbonyl (C=O) groups is 1. The summed E-state index contributed by atoms with van der Waals surface area (Å²) in [6.07, 6.45) is -0.450. The van der Waals surface area contributed by atoms with Gasteiger partial charge < -0.3 is 4.74 Å². The van der Waals surface area contributed by atoms with Gasteiger partial charge in [-0.05, 0) is 45.9 Å². The summed E-state index contributed by atoms with van der Waals surface area (Å²) in [5.41, 5.74) is 1.10. The molecule has 0 fully saturated rings. The second kappa shape index (κ2) is 4.57. The van der Waals surface area contributed by atoms with Gasteiger partial charge in [0, 0.05) is 5.69 Å². The molecule has 0 radical (unpaired) electrons. The normalized spacial score (nSPS) is 11.6. The van der Waals surface area contributed by atoms with Gasteiger partial charge in [-0.1, -0.05) is 0 Å². The van der Waals surface area contributed by atoms with Crippen LogP contribution in [0, 0.1) is 6.92 Å². The maximum Gasteiger partial charge on any atom is 0.412 e. The predicted molar refractivity (Wildman–Crippen MR) is 74.2 cm³/mol. The van der Waals surface area contributed by atoms with E-state index in [1.165, 1.54) is 0 Å². The molecule has 0 aliphatic heterocycles. The third-order valence-electron chi connectivity index (χ3n) is 2.14. The SMILES string of the molecule is Cc1nc2cc(NC(=O)OC(C)(C)C)ccc2s1. The Morgan fingerprint density at radius 2 is 2.11 bits per heavy atom. The fourth-order valence-corrected chi connectivity index (χ4v) is 2.35. The van der Waals surface area contributed by atoms with Gasteiger partial charge in [-0.15, -0.1) is 11.3 Å². The average Bonchev–Trinajstić information content (AvgIpc) is 2.53. The number of ether oxygens (including phenoxy) is 1. The molecule has 96 valence electrons. The molecule has 0 unspecified atom stereocenters. The minimum Gasteiger partial charge on any atom is -0.444 e. The quantitative estimate of drug-likeness (QED) is 0.848. The summed E-state index contributed by atoms with van der Waals surface area (Å²) < 4.78 is 6.30. The highest BCUT2D eigenvalue weighted by Gasteiger charge is 2.16. The lowest BCUT2D eigenvalue weighted by Gasteiger charge is -2.19. The molecule has 1 amide bonds. The first-order valence-corrected chi connectivity index (χ1v) is 6.52. The van der Waals surface area contributed by atoms with Crippen LogP contribution < -0.4 is 5.32 Å². The molecule has 2 rings (SSSR count). The van der Waals surface area contributed by atoms with Gasteiger partial charge in [0.05, 0.1) is 15.2 Å². The predicted octanol–water partition coefficient (Wildman–Crippen LogP) is 3.95. The van der Waals surface area contributed by atoms with Crippen LogP contribution in [-0.2, 0) is 4.74 Å².